The molecule has 0 amide bonds. The van der Waals surface area contributed by atoms with Gasteiger partial charge in [-0.2, -0.15) is 0 Å². The highest BCUT2D eigenvalue weighted by Crippen LogP contribution is 2.26. The zero-order valence-electron chi connectivity index (χ0n) is 10.00. The molecule has 0 saturated carbocycles. The van der Waals surface area contributed by atoms with Crippen LogP contribution in [0.1, 0.15) is 11.1 Å². The molecule has 2 nitrogen and oxygen atoms in total. The Morgan fingerprint density at radius 3 is 2.37 bits per heavy atom. The van der Waals surface area contributed by atoms with Crippen molar-refractivity contribution in [1.29, 1.82) is 0 Å². The summed E-state index contributed by atoms with van der Waals surface area (Å²) in [7, 11) is 0. The number of hydrogen-bond acceptors (Lipinski definition) is 2. The highest BCUT2D eigenvalue weighted by molar-refractivity contribution is 9.10. The topological polar surface area (TPSA) is 35.2 Å². The molecule has 0 bridgehead atoms. The average molecular weight is 328 g/mol. The zero-order chi connectivity index (χ0) is 13.8. The van der Waals surface area contributed by atoms with Gasteiger partial charge in [0.05, 0.1) is 4.47 Å². The van der Waals surface area contributed by atoms with E-state index in [-0.39, 0.29) is 24.8 Å². The molecule has 100 valence electrons. The van der Waals surface area contributed by atoms with Crippen LogP contribution in [-0.4, -0.2) is 0 Å². The Hall–Kier alpha value is -1.46. The second-order valence-electron chi connectivity index (χ2n) is 3.98. The van der Waals surface area contributed by atoms with Gasteiger partial charge < -0.3 is 10.5 Å². The summed E-state index contributed by atoms with van der Waals surface area (Å²) < 4.78 is 32.1. The van der Waals surface area contributed by atoms with E-state index >= 15 is 0 Å². The molecular formula is C14H12BrF2NO. The van der Waals surface area contributed by atoms with Crippen molar-refractivity contribution in [2.24, 2.45) is 5.73 Å². The van der Waals surface area contributed by atoms with Crippen LogP contribution in [0.3, 0.4) is 0 Å². The number of rotatable bonds is 4. The summed E-state index contributed by atoms with van der Waals surface area (Å²) >= 11 is 3.22. The van der Waals surface area contributed by atoms with Crippen LogP contribution in [0, 0.1) is 11.6 Å². The molecule has 5 heteroatoms. The van der Waals surface area contributed by atoms with Gasteiger partial charge in [0.15, 0.2) is 0 Å². The van der Waals surface area contributed by atoms with E-state index in [2.05, 4.69) is 15.9 Å². The van der Waals surface area contributed by atoms with Gasteiger partial charge in [-0.05, 0) is 57.4 Å². The molecular weight excluding hydrogens is 316 g/mol. The van der Waals surface area contributed by atoms with E-state index in [4.69, 9.17) is 10.5 Å². The molecule has 0 atom stereocenters. The second-order valence-corrected chi connectivity index (χ2v) is 4.83. The molecule has 0 aromatic heterocycles. The Bertz CT molecular complexity index is 590. The van der Waals surface area contributed by atoms with E-state index in [1.165, 1.54) is 30.3 Å². The minimum absolute atomic E-state index is 0.237. The van der Waals surface area contributed by atoms with Gasteiger partial charge in [-0.1, -0.05) is 6.07 Å². The van der Waals surface area contributed by atoms with Crippen molar-refractivity contribution in [1.82, 2.24) is 0 Å². The van der Waals surface area contributed by atoms with Gasteiger partial charge in [-0.25, -0.2) is 8.78 Å². The predicted octanol–water partition coefficient (Wildman–Crippen LogP) is 3.77. The smallest absolute Gasteiger partial charge is 0.134 e. The number of nitrogens with two attached hydrogens (primary N) is 1. The highest BCUT2D eigenvalue weighted by Gasteiger charge is 2.06. The minimum atomic E-state index is -0.344. The molecule has 2 aromatic carbocycles. The molecule has 0 unspecified atom stereocenters. The Kier molecular flexibility index (Phi) is 4.50. The molecule has 0 heterocycles. The van der Waals surface area contributed by atoms with Crippen molar-refractivity contribution in [3.05, 3.63) is 63.6 Å². The molecule has 2 aromatic rings. The van der Waals surface area contributed by atoms with E-state index in [9.17, 15) is 8.78 Å². The number of halogens is 3. The average Bonchev–Trinajstić information content (AvgIpc) is 2.39. The SMILES string of the molecule is NCc1cc(F)ccc1COc1ccc(F)cc1Br. The summed E-state index contributed by atoms with van der Waals surface area (Å²) in [5.41, 5.74) is 7.06. The standard InChI is InChI=1S/C14H12BrF2NO/c15-13-6-12(17)3-4-14(13)19-8-9-1-2-11(16)5-10(9)7-18/h1-6H,7-8,18H2. The van der Waals surface area contributed by atoms with Crippen LogP contribution in [0.4, 0.5) is 8.78 Å². The Labute approximate surface area is 118 Å². The molecule has 0 aliphatic carbocycles. The van der Waals surface area contributed by atoms with Crippen molar-refractivity contribution < 1.29 is 13.5 Å². The van der Waals surface area contributed by atoms with Crippen molar-refractivity contribution in [2.45, 2.75) is 13.2 Å². The third-order valence-electron chi connectivity index (χ3n) is 2.67. The molecule has 0 radical (unpaired) electrons. The van der Waals surface area contributed by atoms with Crippen LogP contribution in [0.25, 0.3) is 0 Å². The lowest BCUT2D eigenvalue weighted by Gasteiger charge is -2.11. The lowest BCUT2D eigenvalue weighted by Crippen LogP contribution is -2.05. The number of hydrogen-bond donors (Lipinski definition) is 1. The molecule has 2 N–H and O–H groups in total. The quantitative estimate of drug-likeness (QED) is 0.927. The van der Waals surface area contributed by atoms with Crippen molar-refractivity contribution in [2.75, 3.05) is 0 Å². The maximum Gasteiger partial charge on any atom is 0.134 e. The summed E-state index contributed by atoms with van der Waals surface area (Å²) in [6.07, 6.45) is 0. The molecule has 0 fully saturated rings. The van der Waals surface area contributed by atoms with E-state index in [0.717, 1.165) is 5.56 Å². The zero-order valence-corrected chi connectivity index (χ0v) is 11.6. The lowest BCUT2D eigenvalue weighted by atomic mass is 10.1. The first-order chi connectivity index (χ1) is 9.10. The monoisotopic (exact) mass is 327 g/mol. The summed E-state index contributed by atoms with van der Waals surface area (Å²) in [5, 5.41) is 0. The Balaban J connectivity index is 2.14. The normalized spacial score (nSPS) is 10.5. The molecule has 0 aliphatic heterocycles. The first-order valence-corrected chi connectivity index (χ1v) is 6.44. The van der Waals surface area contributed by atoms with E-state index in [0.29, 0.717) is 15.8 Å². The minimum Gasteiger partial charge on any atom is -0.488 e. The second kappa shape index (κ2) is 6.12. The molecule has 0 spiro atoms. The van der Waals surface area contributed by atoms with Crippen LogP contribution in [0.5, 0.6) is 5.75 Å². The number of benzene rings is 2. The largest absolute Gasteiger partial charge is 0.488 e. The highest BCUT2D eigenvalue weighted by atomic mass is 79.9. The first-order valence-electron chi connectivity index (χ1n) is 5.65. The maximum absolute atomic E-state index is 13.1. The van der Waals surface area contributed by atoms with Gasteiger partial charge >= 0.3 is 0 Å². The predicted molar refractivity (Wildman–Crippen MR) is 72.7 cm³/mol. The third-order valence-corrected chi connectivity index (χ3v) is 3.29. The van der Waals surface area contributed by atoms with Gasteiger partial charge in [0.2, 0.25) is 0 Å². The van der Waals surface area contributed by atoms with Crippen LogP contribution < -0.4 is 10.5 Å². The van der Waals surface area contributed by atoms with Gasteiger partial charge in [0.25, 0.3) is 0 Å². The van der Waals surface area contributed by atoms with Gasteiger partial charge in [0, 0.05) is 6.54 Å². The summed E-state index contributed by atoms with van der Waals surface area (Å²) in [4.78, 5) is 0. The van der Waals surface area contributed by atoms with E-state index in [1.807, 2.05) is 0 Å². The van der Waals surface area contributed by atoms with Crippen molar-refractivity contribution in [3.8, 4) is 5.75 Å². The fourth-order valence-corrected chi connectivity index (χ4v) is 2.14. The Morgan fingerprint density at radius 2 is 1.68 bits per heavy atom. The van der Waals surface area contributed by atoms with Gasteiger partial charge in [0.1, 0.15) is 24.0 Å². The van der Waals surface area contributed by atoms with E-state index < -0.39 is 0 Å². The maximum atomic E-state index is 13.1. The van der Waals surface area contributed by atoms with Gasteiger partial charge in [-0.15, -0.1) is 0 Å². The van der Waals surface area contributed by atoms with Crippen molar-refractivity contribution >= 4 is 15.9 Å². The summed E-state index contributed by atoms with van der Waals surface area (Å²) in [6.45, 7) is 0.484. The van der Waals surface area contributed by atoms with Crippen molar-refractivity contribution in [3.63, 3.8) is 0 Å². The lowest BCUT2D eigenvalue weighted by molar-refractivity contribution is 0.302. The van der Waals surface area contributed by atoms with Crippen LogP contribution >= 0.6 is 15.9 Å². The van der Waals surface area contributed by atoms with Crippen LogP contribution in [0.2, 0.25) is 0 Å². The third kappa shape index (κ3) is 3.52. The van der Waals surface area contributed by atoms with Crippen LogP contribution in [-0.2, 0) is 13.2 Å². The molecule has 2 rings (SSSR count). The molecule has 0 aliphatic rings. The first kappa shape index (κ1) is 14.0. The number of ether oxygens (including phenoxy) is 1. The summed E-state index contributed by atoms with van der Waals surface area (Å²) in [5.74, 6) is -0.149. The van der Waals surface area contributed by atoms with E-state index in [1.54, 1.807) is 6.07 Å². The fourth-order valence-electron chi connectivity index (χ4n) is 1.67. The van der Waals surface area contributed by atoms with Gasteiger partial charge in [-0.3, -0.25) is 0 Å². The molecule has 19 heavy (non-hydrogen) atoms. The fraction of sp³-hybridized carbons (Fsp3) is 0.143. The van der Waals surface area contributed by atoms with Crippen LogP contribution in [0.15, 0.2) is 40.9 Å². The molecule has 0 saturated heterocycles. The Morgan fingerprint density at radius 1 is 1.00 bits per heavy atom. The summed E-state index contributed by atoms with van der Waals surface area (Å²) in [6, 6.07) is 8.55.